The maximum Gasteiger partial charge on any atom is 0.269 e. The topological polar surface area (TPSA) is 118 Å². The SMILES string of the molecule is COc1ccc(-c2nc3[nH]ncc3c(-c3ccc([N+](=O)[O-])cc3)c2C#N)cc1. The number of pyridine rings is 1. The Bertz CT molecular complexity index is 1220. The first-order valence-electron chi connectivity index (χ1n) is 8.29. The van der Waals surface area contributed by atoms with Crippen LogP contribution in [0.5, 0.6) is 5.75 Å². The zero-order valence-electron chi connectivity index (χ0n) is 14.7. The number of benzene rings is 2. The summed E-state index contributed by atoms with van der Waals surface area (Å²) in [4.78, 5) is 15.1. The van der Waals surface area contributed by atoms with Crippen molar-refractivity contribution in [1.82, 2.24) is 15.2 Å². The lowest BCUT2D eigenvalue weighted by Gasteiger charge is -2.11. The van der Waals surface area contributed by atoms with E-state index in [4.69, 9.17) is 4.74 Å². The van der Waals surface area contributed by atoms with Gasteiger partial charge in [0.2, 0.25) is 0 Å². The minimum atomic E-state index is -0.461. The number of H-pyrrole nitrogens is 1. The fourth-order valence-electron chi connectivity index (χ4n) is 3.08. The number of non-ortho nitro benzene ring substituents is 1. The van der Waals surface area contributed by atoms with Crippen LogP contribution in [0.15, 0.2) is 54.7 Å². The van der Waals surface area contributed by atoms with Crippen LogP contribution in [0.3, 0.4) is 0 Å². The Morgan fingerprint density at radius 3 is 2.39 bits per heavy atom. The van der Waals surface area contributed by atoms with E-state index in [0.29, 0.717) is 39.2 Å². The second-order valence-electron chi connectivity index (χ2n) is 5.99. The van der Waals surface area contributed by atoms with E-state index in [9.17, 15) is 15.4 Å². The van der Waals surface area contributed by atoms with Crippen molar-refractivity contribution in [2.45, 2.75) is 0 Å². The van der Waals surface area contributed by atoms with E-state index >= 15 is 0 Å². The molecule has 1 N–H and O–H groups in total. The average Bonchev–Trinajstić information content (AvgIpc) is 3.20. The van der Waals surface area contributed by atoms with Gasteiger partial charge in [-0.3, -0.25) is 15.2 Å². The number of rotatable bonds is 4. The van der Waals surface area contributed by atoms with Crippen molar-refractivity contribution in [3.8, 4) is 34.2 Å². The van der Waals surface area contributed by atoms with Gasteiger partial charge in [-0.15, -0.1) is 0 Å². The molecule has 0 atom stereocenters. The molecule has 0 bridgehead atoms. The van der Waals surface area contributed by atoms with Gasteiger partial charge in [0, 0.05) is 28.6 Å². The van der Waals surface area contributed by atoms with Gasteiger partial charge in [-0.2, -0.15) is 10.4 Å². The number of nitrogens with zero attached hydrogens (tertiary/aromatic N) is 4. The third kappa shape index (κ3) is 2.81. The third-order valence-electron chi connectivity index (χ3n) is 4.44. The molecule has 0 aliphatic rings. The number of hydrogen-bond donors (Lipinski definition) is 1. The zero-order valence-corrected chi connectivity index (χ0v) is 14.7. The molecular weight excluding hydrogens is 358 g/mol. The van der Waals surface area contributed by atoms with Gasteiger partial charge in [-0.05, 0) is 42.0 Å². The maximum atomic E-state index is 11.0. The fourth-order valence-corrected chi connectivity index (χ4v) is 3.08. The van der Waals surface area contributed by atoms with Crippen LogP contribution < -0.4 is 4.74 Å². The van der Waals surface area contributed by atoms with Crippen molar-refractivity contribution in [2.75, 3.05) is 7.11 Å². The van der Waals surface area contributed by atoms with Crippen molar-refractivity contribution in [2.24, 2.45) is 0 Å². The van der Waals surface area contributed by atoms with Gasteiger partial charge in [-0.1, -0.05) is 0 Å². The first-order valence-corrected chi connectivity index (χ1v) is 8.29. The Labute approximate surface area is 159 Å². The average molecular weight is 371 g/mol. The molecule has 28 heavy (non-hydrogen) atoms. The molecule has 2 aromatic carbocycles. The molecule has 0 unspecified atom stereocenters. The fraction of sp³-hybridized carbons (Fsp3) is 0.0500. The van der Waals surface area contributed by atoms with E-state index in [1.54, 1.807) is 37.6 Å². The molecule has 8 heteroatoms. The van der Waals surface area contributed by atoms with Crippen LogP contribution >= 0.6 is 0 Å². The quantitative estimate of drug-likeness (QED) is 0.426. The third-order valence-corrected chi connectivity index (χ3v) is 4.44. The number of aromatic nitrogens is 3. The molecule has 4 aromatic rings. The van der Waals surface area contributed by atoms with Crippen LogP contribution in [0.2, 0.25) is 0 Å². The van der Waals surface area contributed by atoms with Gasteiger partial charge >= 0.3 is 0 Å². The summed E-state index contributed by atoms with van der Waals surface area (Å²) in [5, 5.41) is 28.4. The highest BCUT2D eigenvalue weighted by Crippen LogP contribution is 2.36. The molecule has 0 amide bonds. The van der Waals surface area contributed by atoms with Gasteiger partial charge < -0.3 is 4.74 Å². The summed E-state index contributed by atoms with van der Waals surface area (Å²) in [6.07, 6.45) is 1.59. The molecule has 2 heterocycles. The molecule has 4 rings (SSSR count). The van der Waals surface area contributed by atoms with Gasteiger partial charge in [0.25, 0.3) is 5.69 Å². The number of nitrogens with one attached hydrogen (secondary N) is 1. The monoisotopic (exact) mass is 371 g/mol. The normalized spacial score (nSPS) is 10.6. The molecule has 0 fully saturated rings. The standard InChI is InChI=1S/C20H13N5O3/c1-28-15-8-4-13(5-9-15)19-16(10-21)18(17-11-22-24-20(17)23-19)12-2-6-14(7-3-12)25(26)27/h2-9,11H,1H3,(H,22,23,24). The van der Waals surface area contributed by atoms with E-state index < -0.39 is 4.92 Å². The van der Waals surface area contributed by atoms with Crippen LogP contribution in [0.25, 0.3) is 33.4 Å². The number of hydrogen-bond acceptors (Lipinski definition) is 6. The first-order chi connectivity index (χ1) is 13.6. The molecule has 0 radical (unpaired) electrons. The Morgan fingerprint density at radius 1 is 1.11 bits per heavy atom. The molecule has 0 saturated heterocycles. The van der Waals surface area contributed by atoms with Crippen molar-refractivity contribution >= 4 is 16.7 Å². The smallest absolute Gasteiger partial charge is 0.269 e. The highest BCUT2D eigenvalue weighted by atomic mass is 16.6. The maximum absolute atomic E-state index is 11.0. The number of nitro groups is 1. The molecular formula is C20H13N5O3. The molecule has 2 aromatic heterocycles. The molecule has 0 spiro atoms. The minimum Gasteiger partial charge on any atom is -0.497 e. The van der Waals surface area contributed by atoms with E-state index in [0.717, 1.165) is 5.56 Å². The van der Waals surface area contributed by atoms with Crippen LogP contribution in [0.1, 0.15) is 5.56 Å². The summed E-state index contributed by atoms with van der Waals surface area (Å²) >= 11 is 0. The summed E-state index contributed by atoms with van der Waals surface area (Å²) in [6, 6.07) is 15.5. The molecule has 0 aliphatic heterocycles. The van der Waals surface area contributed by atoms with E-state index in [1.807, 2.05) is 12.1 Å². The lowest BCUT2D eigenvalue weighted by atomic mass is 9.94. The Kier molecular flexibility index (Phi) is 4.18. The number of fused-ring (bicyclic) bond motifs is 1. The Morgan fingerprint density at radius 2 is 1.79 bits per heavy atom. The van der Waals surface area contributed by atoms with Crippen LogP contribution in [0, 0.1) is 21.4 Å². The van der Waals surface area contributed by atoms with Gasteiger partial charge in [0.15, 0.2) is 5.65 Å². The second-order valence-corrected chi connectivity index (χ2v) is 5.99. The first kappa shape index (κ1) is 17.2. The van der Waals surface area contributed by atoms with E-state index in [2.05, 4.69) is 21.3 Å². The second kappa shape index (κ2) is 6.81. The van der Waals surface area contributed by atoms with E-state index in [1.165, 1.54) is 12.1 Å². The molecule has 136 valence electrons. The number of nitro benzene ring substituents is 1. The summed E-state index contributed by atoms with van der Waals surface area (Å²) < 4.78 is 5.19. The number of ether oxygens (including phenoxy) is 1. The Hall–Kier alpha value is -4.25. The highest BCUT2D eigenvalue weighted by Gasteiger charge is 2.19. The lowest BCUT2D eigenvalue weighted by molar-refractivity contribution is -0.384. The number of aromatic amines is 1. The molecule has 0 aliphatic carbocycles. The van der Waals surface area contributed by atoms with Crippen LogP contribution in [-0.2, 0) is 0 Å². The predicted octanol–water partition coefficient (Wildman–Crippen LogP) is 4.08. The molecule has 8 nitrogen and oxygen atoms in total. The van der Waals surface area contributed by atoms with Gasteiger partial charge in [-0.25, -0.2) is 4.98 Å². The lowest BCUT2D eigenvalue weighted by Crippen LogP contribution is -1.96. The van der Waals surface area contributed by atoms with E-state index in [-0.39, 0.29) is 5.69 Å². The minimum absolute atomic E-state index is 0.0184. The van der Waals surface area contributed by atoms with Crippen LogP contribution in [0.4, 0.5) is 5.69 Å². The largest absolute Gasteiger partial charge is 0.497 e. The number of methoxy groups -OCH3 is 1. The van der Waals surface area contributed by atoms with Crippen LogP contribution in [-0.4, -0.2) is 27.2 Å². The predicted molar refractivity (Wildman–Crippen MR) is 103 cm³/mol. The van der Waals surface area contributed by atoms with Gasteiger partial charge in [0.05, 0.1) is 29.5 Å². The van der Waals surface area contributed by atoms with Crippen molar-refractivity contribution in [1.29, 1.82) is 5.26 Å². The summed E-state index contributed by atoms with van der Waals surface area (Å²) in [5.41, 5.74) is 3.42. The van der Waals surface area contributed by atoms with Gasteiger partial charge in [0.1, 0.15) is 11.8 Å². The highest BCUT2D eigenvalue weighted by molar-refractivity contribution is 5.99. The Balaban J connectivity index is 1.98. The summed E-state index contributed by atoms with van der Waals surface area (Å²) in [5.74, 6) is 0.695. The zero-order chi connectivity index (χ0) is 19.7. The van der Waals surface area contributed by atoms with Crippen molar-refractivity contribution < 1.29 is 9.66 Å². The summed E-state index contributed by atoms with van der Waals surface area (Å²) in [7, 11) is 1.58. The van der Waals surface area contributed by atoms with Crippen molar-refractivity contribution in [3.05, 3.63) is 70.4 Å². The van der Waals surface area contributed by atoms with Crippen molar-refractivity contribution in [3.63, 3.8) is 0 Å². The molecule has 0 saturated carbocycles. The summed E-state index contributed by atoms with van der Waals surface area (Å²) in [6.45, 7) is 0. The number of nitriles is 1.